The molecule has 0 aliphatic carbocycles. The standard InChI is InChI=1S/C32H30BrNO5/c1-3-21(2)38-30-18-17-24(33)20-27(30)31(35)34-28(32(36)37)19-22-13-15-23(16-14-22)26-11-7-8-12-29(26)39-25-9-5-4-6-10-25/h4-18,20-21,28H,3,19H2,1-2H3,(H,34,35)(H,36,37)/t21?,28-/m0/s1. The van der Waals surface area contributed by atoms with Gasteiger partial charge in [-0.3, -0.25) is 4.79 Å². The Bertz CT molecular complexity index is 1420. The molecule has 2 atom stereocenters. The van der Waals surface area contributed by atoms with Crippen LogP contribution in [-0.4, -0.2) is 29.1 Å². The molecule has 7 heteroatoms. The predicted octanol–water partition coefficient (Wildman–Crippen LogP) is 7.51. The first-order valence-electron chi connectivity index (χ1n) is 12.7. The largest absolute Gasteiger partial charge is 0.490 e. The van der Waals surface area contributed by atoms with Crippen LogP contribution in [0.15, 0.2) is 102 Å². The normalized spacial score (nSPS) is 12.3. The lowest BCUT2D eigenvalue weighted by Gasteiger charge is -2.19. The summed E-state index contributed by atoms with van der Waals surface area (Å²) in [6.07, 6.45) is 0.807. The zero-order valence-corrected chi connectivity index (χ0v) is 23.4. The van der Waals surface area contributed by atoms with E-state index in [0.29, 0.717) is 10.2 Å². The number of carboxylic acids is 1. The third-order valence-electron chi connectivity index (χ3n) is 6.26. The monoisotopic (exact) mass is 587 g/mol. The number of hydrogen-bond acceptors (Lipinski definition) is 4. The highest BCUT2D eigenvalue weighted by Crippen LogP contribution is 2.33. The lowest BCUT2D eigenvalue weighted by molar-refractivity contribution is -0.139. The average Bonchev–Trinajstić information content (AvgIpc) is 2.94. The Hall–Kier alpha value is -4.10. The fourth-order valence-corrected chi connectivity index (χ4v) is 4.35. The third-order valence-corrected chi connectivity index (χ3v) is 6.75. The van der Waals surface area contributed by atoms with Gasteiger partial charge in [0.05, 0.1) is 11.7 Å². The van der Waals surface area contributed by atoms with Crippen molar-refractivity contribution in [2.45, 2.75) is 38.8 Å². The van der Waals surface area contributed by atoms with Crippen LogP contribution in [0, 0.1) is 0 Å². The molecule has 0 aliphatic heterocycles. The van der Waals surface area contributed by atoms with E-state index in [1.165, 1.54) is 0 Å². The number of rotatable bonds is 11. The number of halogens is 1. The second-order valence-corrected chi connectivity index (χ2v) is 10.1. The molecule has 0 heterocycles. The number of carbonyl (C=O) groups is 2. The third kappa shape index (κ3) is 7.48. The van der Waals surface area contributed by atoms with E-state index in [-0.39, 0.29) is 18.1 Å². The summed E-state index contributed by atoms with van der Waals surface area (Å²) in [4.78, 5) is 25.2. The van der Waals surface area contributed by atoms with E-state index in [2.05, 4.69) is 21.2 Å². The molecule has 0 radical (unpaired) electrons. The SMILES string of the molecule is CCC(C)Oc1ccc(Br)cc1C(=O)N[C@@H](Cc1ccc(-c2ccccc2Oc2ccccc2)cc1)C(=O)O. The van der Waals surface area contributed by atoms with E-state index in [9.17, 15) is 14.7 Å². The van der Waals surface area contributed by atoms with Gasteiger partial charge in [-0.1, -0.05) is 83.5 Å². The first-order chi connectivity index (χ1) is 18.8. The van der Waals surface area contributed by atoms with Gasteiger partial charge >= 0.3 is 5.97 Å². The Morgan fingerprint density at radius 1 is 0.897 bits per heavy atom. The summed E-state index contributed by atoms with van der Waals surface area (Å²) in [5, 5.41) is 12.5. The molecule has 200 valence electrons. The summed E-state index contributed by atoms with van der Waals surface area (Å²) in [6, 6.07) is 28.9. The van der Waals surface area contributed by atoms with Gasteiger partial charge in [0.15, 0.2) is 0 Å². The molecule has 1 unspecified atom stereocenters. The molecule has 0 saturated carbocycles. The molecule has 0 bridgehead atoms. The molecule has 4 aromatic rings. The summed E-state index contributed by atoms with van der Waals surface area (Å²) < 4.78 is 12.7. The number of benzene rings is 4. The van der Waals surface area contributed by atoms with Crippen molar-refractivity contribution >= 4 is 27.8 Å². The summed E-state index contributed by atoms with van der Waals surface area (Å²) in [6.45, 7) is 3.91. The Morgan fingerprint density at radius 3 is 2.28 bits per heavy atom. The van der Waals surface area contributed by atoms with Crippen LogP contribution < -0.4 is 14.8 Å². The van der Waals surface area contributed by atoms with E-state index >= 15 is 0 Å². The molecule has 39 heavy (non-hydrogen) atoms. The van der Waals surface area contributed by atoms with Crippen LogP contribution in [0.4, 0.5) is 0 Å². The van der Waals surface area contributed by atoms with Crippen LogP contribution in [0.3, 0.4) is 0 Å². The van der Waals surface area contributed by atoms with Crippen molar-refractivity contribution in [3.63, 3.8) is 0 Å². The topological polar surface area (TPSA) is 84.9 Å². The fourth-order valence-electron chi connectivity index (χ4n) is 3.98. The number of carboxylic acid groups (broad SMARTS) is 1. The molecule has 0 aliphatic rings. The van der Waals surface area contributed by atoms with Crippen molar-refractivity contribution < 1.29 is 24.2 Å². The van der Waals surface area contributed by atoms with Gasteiger partial charge in [-0.05, 0) is 60.9 Å². The molecule has 0 aromatic heterocycles. The molecule has 6 nitrogen and oxygen atoms in total. The summed E-state index contributed by atoms with van der Waals surface area (Å²) in [5.41, 5.74) is 2.90. The smallest absolute Gasteiger partial charge is 0.326 e. The number of ether oxygens (including phenoxy) is 2. The van der Waals surface area contributed by atoms with Gasteiger partial charge in [-0.25, -0.2) is 4.79 Å². The van der Waals surface area contributed by atoms with Crippen molar-refractivity contribution in [3.8, 4) is 28.4 Å². The van der Waals surface area contributed by atoms with Crippen LogP contribution in [0.25, 0.3) is 11.1 Å². The maximum atomic E-state index is 13.1. The number of nitrogens with one attached hydrogen (secondary N) is 1. The molecule has 4 aromatic carbocycles. The van der Waals surface area contributed by atoms with Crippen LogP contribution in [0.2, 0.25) is 0 Å². The van der Waals surface area contributed by atoms with Gasteiger partial charge in [0.25, 0.3) is 5.91 Å². The zero-order valence-electron chi connectivity index (χ0n) is 21.8. The zero-order chi connectivity index (χ0) is 27.8. The van der Waals surface area contributed by atoms with Gasteiger partial charge in [0.2, 0.25) is 0 Å². The number of aliphatic carboxylic acids is 1. The summed E-state index contributed by atoms with van der Waals surface area (Å²) in [7, 11) is 0. The average molecular weight is 588 g/mol. The van der Waals surface area contributed by atoms with Crippen LogP contribution in [0.1, 0.15) is 36.2 Å². The number of amides is 1. The summed E-state index contributed by atoms with van der Waals surface area (Å²) in [5.74, 6) is 0.246. The molecular formula is C32H30BrNO5. The highest BCUT2D eigenvalue weighted by molar-refractivity contribution is 9.10. The van der Waals surface area contributed by atoms with E-state index in [1.807, 2.05) is 92.7 Å². The minimum Gasteiger partial charge on any atom is -0.490 e. The quantitative estimate of drug-likeness (QED) is 0.189. The van der Waals surface area contributed by atoms with Gasteiger partial charge in [-0.2, -0.15) is 0 Å². The molecule has 0 spiro atoms. The van der Waals surface area contributed by atoms with E-state index in [0.717, 1.165) is 34.6 Å². The van der Waals surface area contributed by atoms with Crippen molar-refractivity contribution in [1.82, 2.24) is 5.32 Å². The van der Waals surface area contributed by atoms with Gasteiger partial charge in [0.1, 0.15) is 23.3 Å². The molecular weight excluding hydrogens is 558 g/mol. The molecule has 0 saturated heterocycles. The first kappa shape index (κ1) is 27.9. The van der Waals surface area contributed by atoms with Gasteiger partial charge in [0, 0.05) is 16.5 Å². The summed E-state index contributed by atoms with van der Waals surface area (Å²) >= 11 is 3.39. The van der Waals surface area contributed by atoms with Gasteiger partial charge in [-0.15, -0.1) is 0 Å². The van der Waals surface area contributed by atoms with Crippen LogP contribution >= 0.6 is 15.9 Å². The second kappa shape index (κ2) is 13.1. The lowest BCUT2D eigenvalue weighted by atomic mass is 9.99. The Labute approximate surface area is 236 Å². The fraction of sp³-hybridized carbons (Fsp3) is 0.188. The van der Waals surface area contributed by atoms with Crippen molar-refractivity contribution in [2.75, 3.05) is 0 Å². The Balaban J connectivity index is 1.50. The maximum absolute atomic E-state index is 13.1. The van der Waals surface area contributed by atoms with E-state index in [4.69, 9.17) is 9.47 Å². The van der Waals surface area contributed by atoms with Crippen molar-refractivity contribution in [1.29, 1.82) is 0 Å². The second-order valence-electron chi connectivity index (χ2n) is 9.15. The van der Waals surface area contributed by atoms with Gasteiger partial charge < -0.3 is 19.9 Å². The number of hydrogen-bond donors (Lipinski definition) is 2. The Morgan fingerprint density at radius 2 is 1.59 bits per heavy atom. The first-order valence-corrected chi connectivity index (χ1v) is 13.5. The van der Waals surface area contributed by atoms with E-state index < -0.39 is 17.9 Å². The minimum absolute atomic E-state index is 0.0882. The van der Waals surface area contributed by atoms with Crippen LogP contribution in [0.5, 0.6) is 17.2 Å². The van der Waals surface area contributed by atoms with Crippen molar-refractivity contribution in [3.05, 3.63) is 113 Å². The predicted molar refractivity (Wildman–Crippen MR) is 156 cm³/mol. The van der Waals surface area contributed by atoms with Crippen LogP contribution in [-0.2, 0) is 11.2 Å². The molecule has 4 rings (SSSR count). The van der Waals surface area contributed by atoms with E-state index in [1.54, 1.807) is 18.2 Å². The lowest BCUT2D eigenvalue weighted by Crippen LogP contribution is -2.42. The number of para-hydroxylation sites is 2. The highest BCUT2D eigenvalue weighted by atomic mass is 79.9. The highest BCUT2D eigenvalue weighted by Gasteiger charge is 2.24. The molecule has 2 N–H and O–H groups in total. The van der Waals surface area contributed by atoms with Crippen molar-refractivity contribution in [2.24, 2.45) is 0 Å². The minimum atomic E-state index is -1.12. The Kier molecular flexibility index (Phi) is 9.39. The molecule has 0 fully saturated rings. The maximum Gasteiger partial charge on any atom is 0.326 e. The molecule has 1 amide bonds. The number of carbonyl (C=O) groups excluding carboxylic acids is 1.